The molecule has 2 aliphatic carbocycles. The van der Waals surface area contributed by atoms with E-state index in [-0.39, 0.29) is 34.0 Å². The summed E-state index contributed by atoms with van der Waals surface area (Å²) >= 11 is 0. The van der Waals surface area contributed by atoms with E-state index in [1.54, 1.807) is 0 Å². The van der Waals surface area contributed by atoms with E-state index in [2.05, 4.69) is 112 Å². The Kier molecular flexibility index (Phi) is 9.94. The van der Waals surface area contributed by atoms with Crippen LogP contribution in [0.1, 0.15) is 92.0 Å². The van der Waals surface area contributed by atoms with Crippen LogP contribution in [-0.2, 0) is 25.7 Å². The number of fused-ring (bicyclic) bond motifs is 6. The minimum absolute atomic E-state index is 0. The molecule has 0 atom stereocenters. The first-order chi connectivity index (χ1) is 22.9. The molecule has 49 heavy (non-hydrogen) atoms. The minimum atomic E-state index is 0. The number of halogens is 2. The molecule has 8 rings (SSSR count). The van der Waals surface area contributed by atoms with E-state index in [1.807, 2.05) is 0 Å². The van der Waals surface area contributed by atoms with Crippen molar-refractivity contribution in [2.24, 2.45) is 9.98 Å². The van der Waals surface area contributed by atoms with Crippen LogP contribution in [0.2, 0.25) is 0 Å². The highest BCUT2D eigenvalue weighted by Crippen LogP contribution is 2.42. The predicted octanol–water partition coefficient (Wildman–Crippen LogP) is 11.8. The van der Waals surface area contributed by atoms with Crippen molar-refractivity contribution >= 4 is 57.5 Å². The molecule has 2 aromatic carbocycles. The van der Waals surface area contributed by atoms with Gasteiger partial charge in [0.05, 0.1) is 22.8 Å². The molecule has 0 fully saturated rings. The second kappa shape index (κ2) is 13.9. The molecule has 252 valence electrons. The van der Waals surface area contributed by atoms with Gasteiger partial charge in [-0.3, -0.25) is 9.98 Å². The van der Waals surface area contributed by atoms with Crippen LogP contribution in [0, 0.1) is 13.8 Å². The van der Waals surface area contributed by atoms with Gasteiger partial charge in [0, 0.05) is 40.3 Å². The van der Waals surface area contributed by atoms with E-state index in [0.717, 1.165) is 67.8 Å². The predicted molar refractivity (Wildman–Crippen MR) is 219 cm³/mol. The summed E-state index contributed by atoms with van der Waals surface area (Å²) in [6.07, 6.45) is 11.6. The number of H-pyrrole nitrogens is 2. The first-order valence-electron chi connectivity index (χ1n) is 17.4. The smallest absolute Gasteiger partial charge is 0.0686 e. The zero-order valence-electron chi connectivity index (χ0n) is 29.4. The third kappa shape index (κ3) is 5.85. The molecule has 4 nitrogen and oxygen atoms in total. The van der Waals surface area contributed by atoms with Gasteiger partial charge in [0.2, 0.25) is 0 Å². The third-order valence-electron chi connectivity index (χ3n) is 11.0. The standard InChI is InChI=1S/C43H44N4.2BrH/c1-7-30-24(3)36(21-40-42-32(26(5)44-40)19-17-28-13-9-11-15-34(28)42)46-38(30)23-39-31(8-2)25(4)37(47-39)22-41-43-33(27(6)45-41)20-18-29-14-10-12-16-35(29)43;;/h9-16,21-22,44-45H,7-8,17-20,23H2,1-6H3;2*1H/b36-21-,37-22-;;. The Morgan fingerprint density at radius 1 is 0.592 bits per heavy atom. The SMILES string of the molecule is Br.Br.CCC1=C(C)/C(=C/c2[nH]c(C)c3c2-c2ccccc2CC3)N=C1CC1=N/C(=C\c2[nH]c(C)c3c2-c2ccccc2CC3)C(C)=C1CC. The van der Waals surface area contributed by atoms with E-state index in [4.69, 9.17) is 9.98 Å². The van der Waals surface area contributed by atoms with Crippen molar-refractivity contribution < 1.29 is 0 Å². The van der Waals surface area contributed by atoms with Crippen LogP contribution in [0.3, 0.4) is 0 Å². The Hall–Kier alpha value is -3.74. The normalized spacial score (nSPS) is 17.8. The summed E-state index contributed by atoms with van der Waals surface area (Å²) in [7, 11) is 0. The average Bonchev–Trinajstić information content (AvgIpc) is 3.77. The summed E-state index contributed by atoms with van der Waals surface area (Å²) in [5, 5.41) is 0. The first-order valence-corrected chi connectivity index (χ1v) is 17.4. The van der Waals surface area contributed by atoms with Crippen LogP contribution < -0.4 is 0 Å². The largest absolute Gasteiger partial charge is 0.358 e. The zero-order chi connectivity index (χ0) is 32.4. The van der Waals surface area contributed by atoms with Crippen molar-refractivity contribution in [3.05, 3.63) is 127 Å². The average molecular weight is 779 g/mol. The highest BCUT2D eigenvalue weighted by Gasteiger charge is 2.29. The number of hydrogen-bond donors (Lipinski definition) is 2. The van der Waals surface area contributed by atoms with E-state index in [9.17, 15) is 0 Å². The summed E-state index contributed by atoms with van der Waals surface area (Å²) < 4.78 is 0. The molecule has 4 heterocycles. The molecule has 0 amide bonds. The Morgan fingerprint density at radius 3 is 1.41 bits per heavy atom. The molecule has 4 aliphatic rings. The molecular weight excluding hydrogens is 732 g/mol. The van der Waals surface area contributed by atoms with Crippen LogP contribution >= 0.6 is 34.0 Å². The van der Waals surface area contributed by atoms with Crippen molar-refractivity contribution in [1.29, 1.82) is 0 Å². The van der Waals surface area contributed by atoms with Gasteiger partial charge in [0.15, 0.2) is 0 Å². The number of nitrogens with zero attached hydrogens (tertiary/aromatic N) is 2. The summed E-state index contributed by atoms with van der Waals surface area (Å²) in [6, 6.07) is 17.8. The van der Waals surface area contributed by atoms with Gasteiger partial charge < -0.3 is 9.97 Å². The van der Waals surface area contributed by atoms with Crippen molar-refractivity contribution in [3.63, 3.8) is 0 Å². The highest BCUT2D eigenvalue weighted by atomic mass is 79.9. The molecule has 2 aromatic heterocycles. The molecule has 4 aromatic rings. The zero-order valence-corrected chi connectivity index (χ0v) is 32.9. The van der Waals surface area contributed by atoms with Gasteiger partial charge in [0.1, 0.15) is 0 Å². The van der Waals surface area contributed by atoms with Crippen LogP contribution in [0.5, 0.6) is 0 Å². The monoisotopic (exact) mass is 776 g/mol. The fourth-order valence-electron chi connectivity index (χ4n) is 8.60. The second-order valence-electron chi connectivity index (χ2n) is 13.6. The number of nitrogens with one attached hydrogen (secondary N) is 2. The van der Waals surface area contributed by atoms with Crippen molar-refractivity contribution in [1.82, 2.24) is 9.97 Å². The highest BCUT2D eigenvalue weighted by molar-refractivity contribution is 8.93. The van der Waals surface area contributed by atoms with Gasteiger partial charge in [-0.05, 0) is 134 Å². The molecule has 0 bridgehead atoms. The molecule has 0 saturated carbocycles. The van der Waals surface area contributed by atoms with E-state index < -0.39 is 0 Å². The lowest BCUT2D eigenvalue weighted by molar-refractivity contribution is 0.933. The second-order valence-corrected chi connectivity index (χ2v) is 13.6. The van der Waals surface area contributed by atoms with Gasteiger partial charge in [-0.15, -0.1) is 34.0 Å². The van der Waals surface area contributed by atoms with Gasteiger partial charge in [-0.1, -0.05) is 62.4 Å². The number of aryl methyl sites for hydroxylation is 4. The molecule has 0 radical (unpaired) electrons. The number of aromatic nitrogens is 2. The molecule has 0 unspecified atom stereocenters. The fraction of sp³-hybridized carbons (Fsp3) is 0.302. The number of hydrogen-bond acceptors (Lipinski definition) is 2. The minimum Gasteiger partial charge on any atom is -0.358 e. The number of aromatic amines is 2. The molecule has 2 N–H and O–H groups in total. The lowest BCUT2D eigenvalue weighted by Gasteiger charge is -2.17. The van der Waals surface area contributed by atoms with E-state index >= 15 is 0 Å². The Morgan fingerprint density at radius 2 is 1.00 bits per heavy atom. The van der Waals surface area contributed by atoms with Gasteiger partial charge in [-0.25, -0.2) is 0 Å². The van der Waals surface area contributed by atoms with Crippen molar-refractivity contribution in [3.8, 4) is 22.3 Å². The summed E-state index contributed by atoms with van der Waals surface area (Å²) in [5.41, 5.74) is 25.9. The quantitative estimate of drug-likeness (QED) is 0.196. The van der Waals surface area contributed by atoms with Crippen LogP contribution in [0.4, 0.5) is 0 Å². The number of benzene rings is 2. The lowest BCUT2D eigenvalue weighted by Crippen LogP contribution is -2.10. The number of aliphatic imine (C=N–C) groups is 2. The van der Waals surface area contributed by atoms with E-state index in [1.165, 1.54) is 89.6 Å². The summed E-state index contributed by atoms with van der Waals surface area (Å²) in [5.74, 6) is 0. The first kappa shape index (κ1) is 35.1. The maximum absolute atomic E-state index is 5.34. The van der Waals surface area contributed by atoms with Crippen LogP contribution in [-0.4, -0.2) is 21.4 Å². The van der Waals surface area contributed by atoms with Crippen LogP contribution in [0.25, 0.3) is 34.4 Å². The number of rotatable bonds is 6. The Balaban J connectivity index is 0.00000208. The van der Waals surface area contributed by atoms with Gasteiger partial charge >= 0.3 is 0 Å². The Labute approximate surface area is 311 Å². The van der Waals surface area contributed by atoms with Gasteiger partial charge in [0.25, 0.3) is 0 Å². The maximum Gasteiger partial charge on any atom is 0.0686 e. The summed E-state index contributed by atoms with van der Waals surface area (Å²) in [6.45, 7) is 13.4. The van der Waals surface area contributed by atoms with Crippen LogP contribution in [0.15, 0.2) is 92.2 Å². The maximum atomic E-state index is 5.34. The molecule has 6 heteroatoms. The topological polar surface area (TPSA) is 56.3 Å². The van der Waals surface area contributed by atoms with Crippen molar-refractivity contribution in [2.75, 3.05) is 0 Å². The molecule has 0 saturated heterocycles. The molecule has 0 spiro atoms. The Bertz CT molecular complexity index is 2020. The van der Waals surface area contributed by atoms with E-state index in [0.29, 0.717) is 0 Å². The lowest BCUT2D eigenvalue weighted by atomic mass is 9.85. The summed E-state index contributed by atoms with van der Waals surface area (Å²) in [4.78, 5) is 18.1. The molecular formula is C43H46Br2N4. The number of allylic oxidation sites excluding steroid dienone is 4. The fourth-order valence-corrected chi connectivity index (χ4v) is 8.60. The third-order valence-corrected chi connectivity index (χ3v) is 11.0. The molecule has 2 aliphatic heterocycles. The van der Waals surface area contributed by atoms with Gasteiger partial charge in [-0.2, -0.15) is 0 Å². The van der Waals surface area contributed by atoms with Crippen molar-refractivity contribution in [2.45, 2.75) is 86.5 Å².